The molecule has 10 nitrogen and oxygen atoms in total. The van der Waals surface area contributed by atoms with Gasteiger partial charge in [0.05, 0.1) is 31.2 Å². The highest BCUT2D eigenvalue weighted by Gasteiger charge is 2.25. The van der Waals surface area contributed by atoms with E-state index in [0.29, 0.717) is 43.5 Å². The summed E-state index contributed by atoms with van der Waals surface area (Å²) in [6.45, 7) is 6.89. The predicted molar refractivity (Wildman–Crippen MR) is 146 cm³/mol. The van der Waals surface area contributed by atoms with Crippen LogP contribution < -0.4 is 15.0 Å². The maximum atomic E-state index is 12.9. The molecule has 2 aromatic heterocycles. The maximum absolute atomic E-state index is 12.9. The Balaban J connectivity index is 1.28. The lowest BCUT2D eigenvalue weighted by Gasteiger charge is -2.36. The second-order valence-corrected chi connectivity index (χ2v) is 10.3. The number of amides is 3. The standard InChI is InChI=1S/C27H33N5O5S/c1-19(2)16-32(26(35)23-9-6-14-37-23)17-24(33)29-27-28-20(18-38-27)15-25(34)31-12-10-30(11-13-31)21-7-4-5-8-22(21)36-3/h4-9,14,18-19H,10-13,15-17H2,1-3H3,(H,28,29,33). The number of piperazine rings is 1. The molecule has 4 rings (SSSR count). The molecule has 0 spiro atoms. The Kier molecular flexibility index (Phi) is 9.01. The Bertz CT molecular complexity index is 1230. The molecule has 38 heavy (non-hydrogen) atoms. The van der Waals surface area contributed by atoms with Gasteiger partial charge in [-0.05, 0) is 30.2 Å². The molecular weight excluding hydrogens is 506 g/mol. The first-order valence-electron chi connectivity index (χ1n) is 12.6. The zero-order valence-corrected chi connectivity index (χ0v) is 22.7. The molecule has 1 aliphatic rings. The molecule has 0 bridgehead atoms. The zero-order valence-electron chi connectivity index (χ0n) is 21.9. The van der Waals surface area contributed by atoms with Crippen molar-refractivity contribution in [1.29, 1.82) is 0 Å². The van der Waals surface area contributed by atoms with Crippen molar-refractivity contribution in [3.63, 3.8) is 0 Å². The minimum Gasteiger partial charge on any atom is -0.495 e. The molecule has 1 N–H and O–H groups in total. The number of benzene rings is 1. The van der Waals surface area contributed by atoms with Gasteiger partial charge in [-0.1, -0.05) is 26.0 Å². The summed E-state index contributed by atoms with van der Waals surface area (Å²) in [6, 6.07) is 11.1. The van der Waals surface area contributed by atoms with E-state index < -0.39 is 0 Å². The molecule has 202 valence electrons. The first kappa shape index (κ1) is 27.2. The van der Waals surface area contributed by atoms with Gasteiger partial charge < -0.3 is 29.2 Å². The quantitative estimate of drug-likeness (QED) is 0.421. The number of anilines is 2. The third-order valence-electron chi connectivity index (χ3n) is 6.13. The van der Waals surface area contributed by atoms with Crippen molar-refractivity contribution in [2.75, 3.05) is 56.6 Å². The van der Waals surface area contributed by atoms with Gasteiger partial charge in [0.25, 0.3) is 5.91 Å². The Morgan fingerprint density at radius 1 is 1.13 bits per heavy atom. The first-order chi connectivity index (χ1) is 18.3. The molecule has 0 saturated carbocycles. The number of rotatable bonds is 10. The van der Waals surface area contributed by atoms with Crippen LogP contribution in [0.2, 0.25) is 0 Å². The van der Waals surface area contributed by atoms with Gasteiger partial charge in [-0.3, -0.25) is 14.4 Å². The lowest BCUT2D eigenvalue weighted by molar-refractivity contribution is -0.130. The van der Waals surface area contributed by atoms with E-state index in [1.807, 2.05) is 43.0 Å². The molecule has 11 heteroatoms. The van der Waals surface area contributed by atoms with E-state index in [-0.39, 0.29) is 42.4 Å². The Hall–Kier alpha value is -3.86. The molecular formula is C27H33N5O5S. The van der Waals surface area contributed by atoms with E-state index >= 15 is 0 Å². The van der Waals surface area contributed by atoms with Crippen molar-refractivity contribution in [2.24, 2.45) is 5.92 Å². The van der Waals surface area contributed by atoms with E-state index in [2.05, 4.69) is 15.2 Å². The molecule has 1 aliphatic heterocycles. The minimum absolute atomic E-state index is 0.00000581. The van der Waals surface area contributed by atoms with Gasteiger partial charge in [0, 0.05) is 38.1 Å². The summed E-state index contributed by atoms with van der Waals surface area (Å²) in [4.78, 5) is 48.3. The van der Waals surface area contributed by atoms with E-state index in [9.17, 15) is 14.4 Å². The average Bonchev–Trinajstić information content (AvgIpc) is 3.60. The zero-order chi connectivity index (χ0) is 27.1. The van der Waals surface area contributed by atoms with Crippen LogP contribution in [0.5, 0.6) is 5.75 Å². The van der Waals surface area contributed by atoms with Crippen LogP contribution >= 0.6 is 11.3 Å². The van der Waals surface area contributed by atoms with E-state index in [0.717, 1.165) is 11.4 Å². The lowest BCUT2D eigenvalue weighted by Crippen LogP contribution is -2.49. The lowest BCUT2D eigenvalue weighted by atomic mass is 10.2. The topological polar surface area (TPSA) is 108 Å². The molecule has 1 aromatic carbocycles. The normalized spacial score (nSPS) is 13.5. The number of ether oxygens (including phenoxy) is 1. The summed E-state index contributed by atoms with van der Waals surface area (Å²) in [5.74, 6) is 0.496. The highest BCUT2D eigenvalue weighted by molar-refractivity contribution is 7.13. The van der Waals surface area contributed by atoms with Gasteiger partial charge >= 0.3 is 0 Å². The van der Waals surface area contributed by atoms with Crippen LogP contribution in [0.3, 0.4) is 0 Å². The maximum Gasteiger partial charge on any atom is 0.290 e. The molecule has 3 aromatic rings. The van der Waals surface area contributed by atoms with Crippen LogP contribution in [0.4, 0.5) is 10.8 Å². The molecule has 0 atom stereocenters. The van der Waals surface area contributed by atoms with Crippen LogP contribution in [0.1, 0.15) is 30.1 Å². The summed E-state index contributed by atoms with van der Waals surface area (Å²) in [5.41, 5.74) is 1.63. The second kappa shape index (κ2) is 12.6. The van der Waals surface area contributed by atoms with Crippen molar-refractivity contribution >= 4 is 39.9 Å². The second-order valence-electron chi connectivity index (χ2n) is 9.47. The highest BCUT2D eigenvalue weighted by Crippen LogP contribution is 2.28. The van der Waals surface area contributed by atoms with Crippen molar-refractivity contribution < 1.29 is 23.5 Å². The van der Waals surface area contributed by atoms with Crippen molar-refractivity contribution in [2.45, 2.75) is 20.3 Å². The van der Waals surface area contributed by atoms with Gasteiger partial charge in [0.1, 0.15) is 12.3 Å². The van der Waals surface area contributed by atoms with Crippen LogP contribution in [0, 0.1) is 5.92 Å². The van der Waals surface area contributed by atoms with E-state index in [4.69, 9.17) is 9.15 Å². The number of nitrogens with one attached hydrogen (secondary N) is 1. The van der Waals surface area contributed by atoms with Gasteiger partial charge in [-0.2, -0.15) is 0 Å². The summed E-state index contributed by atoms with van der Waals surface area (Å²) < 4.78 is 10.7. The SMILES string of the molecule is COc1ccccc1N1CCN(C(=O)Cc2csc(NC(=O)CN(CC(C)C)C(=O)c3ccco3)n2)CC1. The summed E-state index contributed by atoms with van der Waals surface area (Å²) >= 11 is 1.26. The number of thiazole rings is 1. The van der Waals surface area contributed by atoms with E-state index in [1.54, 1.807) is 24.6 Å². The largest absolute Gasteiger partial charge is 0.495 e. The number of carbonyl (C=O) groups is 3. The minimum atomic E-state index is -0.356. The monoisotopic (exact) mass is 539 g/mol. The molecule has 3 amide bonds. The molecule has 1 saturated heterocycles. The Morgan fingerprint density at radius 3 is 2.58 bits per heavy atom. The number of aromatic nitrogens is 1. The Morgan fingerprint density at radius 2 is 1.89 bits per heavy atom. The number of hydrogen-bond acceptors (Lipinski definition) is 8. The number of nitrogens with zero attached hydrogens (tertiary/aromatic N) is 4. The Labute approximate surface area is 226 Å². The van der Waals surface area contributed by atoms with Crippen molar-refractivity contribution in [3.05, 3.63) is 59.5 Å². The third-order valence-corrected chi connectivity index (χ3v) is 6.93. The third kappa shape index (κ3) is 6.91. The molecule has 0 aliphatic carbocycles. The first-order valence-corrected chi connectivity index (χ1v) is 13.4. The molecule has 1 fully saturated rings. The number of methoxy groups -OCH3 is 1. The van der Waals surface area contributed by atoms with Crippen LogP contribution in [-0.4, -0.2) is 78.9 Å². The molecule has 0 unspecified atom stereocenters. The smallest absolute Gasteiger partial charge is 0.290 e. The summed E-state index contributed by atoms with van der Waals surface area (Å²) in [6.07, 6.45) is 1.59. The van der Waals surface area contributed by atoms with Crippen LogP contribution in [-0.2, 0) is 16.0 Å². The van der Waals surface area contributed by atoms with E-state index in [1.165, 1.54) is 22.5 Å². The molecule has 0 radical (unpaired) electrons. The number of para-hydroxylation sites is 2. The fourth-order valence-electron chi connectivity index (χ4n) is 4.35. The number of furan rings is 1. The van der Waals surface area contributed by atoms with Gasteiger partial charge in [-0.25, -0.2) is 4.98 Å². The fourth-order valence-corrected chi connectivity index (χ4v) is 5.07. The van der Waals surface area contributed by atoms with Gasteiger partial charge in [0.2, 0.25) is 11.8 Å². The highest BCUT2D eigenvalue weighted by atomic mass is 32.1. The van der Waals surface area contributed by atoms with Crippen LogP contribution in [0.15, 0.2) is 52.5 Å². The average molecular weight is 540 g/mol. The number of hydrogen-bond donors (Lipinski definition) is 1. The summed E-state index contributed by atoms with van der Waals surface area (Å²) in [5, 5.41) is 4.93. The van der Waals surface area contributed by atoms with Gasteiger partial charge in [0.15, 0.2) is 10.9 Å². The molecule has 3 heterocycles. The predicted octanol–water partition coefficient (Wildman–Crippen LogP) is 3.37. The van der Waals surface area contributed by atoms with Crippen molar-refractivity contribution in [1.82, 2.24) is 14.8 Å². The summed E-state index contributed by atoms with van der Waals surface area (Å²) in [7, 11) is 1.66. The fraction of sp³-hybridized carbons (Fsp3) is 0.407. The number of carbonyl (C=O) groups excluding carboxylic acids is 3. The van der Waals surface area contributed by atoms with Crippen LogP contribution in [0.25, 0.3) is 0 Å². The van der Waals surface area contributed by atoms with Gasteiger partial charge in [-0.15, -0.1) is 11.3 Å². The van der Waals surface area contributed by atoms with Crippen molar-refractivity contribution in [3.8, 4) is 5.75 Å².